The minimum absolute atomic E-state index is 0.0282. The highest BCUT2D eigenvalue weighted by atomic mass is 28.4. The van der Waals surface area contributed by atoms with Crippen LogP contribution in [0.1, 0.15) is 65.0 Å². The molecule has 2 aromatic carbocycles. The molecule has 4 aliphatic heterocycles. The second-order valence-corrected chi connectivity index (χ2v) is 25.5. The fourth-order valence-electron chi connectivity index (χ4n) is 13.0. The van der Waals surface area contributed by atoms with Crippen molar-refractivity contribution in [1.29, 1.82) is 0 Å². The van der Waals surface area contributed by atoms with Gasteiger partial charge in [-0.2, -0.15) is 0 Å². The number of benzene rings is 2. The van der Waals surface area contributed by atoms with Crippen LogP contribution in [0.25, 0.3) is 0 Å². The Morgan fingerprint density at radius 2 is 1.50 bits per heavy atom. The molecular weight excluding hydrogens is 841 g/mol. The van der Waals surface area contributed by atoms with Crippen LogP contribution >= 0.6 is 0 Å². The van der Waals surface area contributed by atoms with Crippen LogP contribution in [0, 0.1) is 34.0 Å². The van der Waals surface area contributed by atoms with Gasteiger partial charge in [0, 0.05) is 37.2 Å². The van der Waals surface area contributed by atoms with Crippen LogP contribution in [0.3, 0.4) is 0 Å². The first-order valence-corrected chi connectivity index (χ1v) is 25.5. The van der Waals surface area contributed by atoms with Gasteiger partial charge in [0.05, 0.1) is 70.3 Å². The van der Waals surface area contributed by atoms with Gasteiger partial charge in [0.15, 0.2) is 26.7 Å². The van der Waals surface area contributed by atoms with Gasteiger partial charge in [0.2, 0.25) is 0 Å². The summed E-state index contributed by atoms with van der Waals surface area (Å²) >= 11 is 0. The summed E-state index contributed by atoms with van der Waals surface area (Å²) in [4.78, 5) is 46.0. The molecule has 3 aliphatic carbocycles. The van der Waals surface area contributed by atoms with E-state index in [0.29, 0.717) is 18.4 Å². The first kappa shape index (κ1) is 45.8. The van der Waals surface area contributed by atoms with Crippen molar-refractivity contribution in [2.45, 2.75) is 134 Å². The lowest BCUT2D eigenvalue weighted by molar-refractivity contribution is -0.284. The van der Waals surface area contributed by atoms with E-state index < -0.39 is 103 Å². The number of ketones is 1. The molecule has 6 fully saturated rings. The molecule has 348 valence electrons. The third-order valence-electron chi connectivity index (χ3n) is 16.9. The zero-order valence-corrected chi connectivity index (χ0v) is 39.7. The maximum Gasteiger partial charge on any atom is 0.366 e. The van der Waals surface area contributed by atoms with E-state index in [1.54, 1.807) is 14.0 Å². The first-order valence-electron chi connectivity index (χ1n) is 22.6. The summed E-state index contributed by atoms with van der Waals surface area (Å²) in [5.74, 6) is -6.80. The summed E-state index contributed by atoms with van der Waals surface area (Å²) < 4.78 is 65.0. The molecular formula is C49H64O14Si. The highest BCUT2D eigenvalue weighted by Gasteiger charge is 2.87. The molecule has 0 aromatic heterocycles. The summed E-state index contributed by atoms with van der Waals surface area (Å²) in [5, 5.41) is 12.9. The zero-order chi connectivity index (χ0) is 45.8. The molecule has 7 aliphatic rings. The van der Waals surface area contributed by atoms with E-state index in [1.165, 1.54) is 14.2 Å². The fourth-order valence-corrected chi connectivity index (χ4v) is 14.4. The quantitative estimate of drug-likeness (QED) is 0.149. The Bertz CT molecular complexity index is 2180. The number of Topliss-reactive ketones (excluding diaryl/α,β-unsaturated/α-hetero) is 1. The monoisotopic (exact) mass is 904 g/mol. The molecule has 2 bridgehead atoms. The predicted molar refractivity (Wildman–Crippen MR) is 231 cm³/mol. The Morgan fingerprint density at radius 3 is 2.09 bits per heavy atom. The first-order chi connectivity index (χ1) is 30.3. The minimum atomic E-state index is -2.65. The lowest BCUT2D eigenvalue weighted by Gasteiger charge is -2.63. The average molecular weight is 905 g/mol. The number of ether oxygens (including phenoxy) is 9. The lowest BCUT2D eigenvalue weighted by atomic mass is 9.39. The third kappa shape index (κ3) is 6.25. The Hall–Kier alpha value is -3.35. The van der Waals surface area contributed by atoms with Crippen LogP contribution in [-0.4, -0.2) is 114 Å². The number of methoxy groups -OCH3 is 3. The number of carbonyl (C=O) groups excluding carboxylic acids is 3. The van der Waals surface area contributed by atoms with Gasteiger partial charge in [0.25, 0.3) is 5.79 Å². The summed E-state index contributed by atoms with van der Waals surface area (Å²) in [6.45, 7) is 14.0. The molecule has 1 spiro atoms. The van der Waals surface area contributed by atoms with Gasteiger partial charge < -0.3 is 52.2 Å². The van der Waals surface area contributed by atoms with Crippen molar-refractivity contribution in [3.8, 4) is 0 Å². The maximum absolute atomic E-state index is 16.3. The molecule has 4 saturated heterocycles. The molecule has 4 unspecified atom stereocenters. The van der Waals surface area contributed by atoms with Crippen molar-refractivity contribution in [3.05, 3.63) is 82.9 Å². The molecule has 9 rings (SSSR count). The highest BCUT2D eigenvalue weighted by Crippen LogP contribution is 2.75. The summed E-state index contributed by atoms with van der Waals surface area (Å²) in [6, 6.07) is 19.2. The van der Waals surface area contributed by atoms with E-state index in [1.807, 2.05) is 67.6 Å². The third-order valence-corrected chi connectivity index (χ3v) is 21.4. The van der Waals surface area contributed by atoms with E-state index in [-0.39, 0.29) is 43.8 Å². The standard InChI is InChI=1S/C49H64O14Si/c1-28-31-21-32(61-43-48(31,23-35(54-6)62-43)58-24-29-17-13-11-14-18-29)36(28)45(5)39(51)37-38-46(27-60-49(40(45)46,42(53)56-8)59-25-30-19-15-12-16-20-30)33(50)22-34(63-64(9,10)44(2,3)4)47(38,26-57-37)41(52)55-7/h11-20,31-35,37-38,40,43,50H,21-27H2,1-10H3/t31?,32?,33-,34+,35-,37+,38+,40?,43+,45+,46-,47-,48?,49-/m0/s1. The van der Waals surface area contributed by atoms with Crippen molar-refractivity contribution in [3.63, 3.8) is 0 Å². The van der Waals surface area contributed by atoms with Gasteiger partial charge in [0.1, 0.15) is 17.1 Å². The summed E-state index contributed by atoms with van der Waals surface area (Å²) in [6.07, 6.45) is -4.83. The molecule has 2 aromatic rings. The topological polar surface area (TPSA) is 164 Å². The molecule has 0 amide bonds. The van der Waals surface area contributed by atoms with E-state index in [4.69, 9.17) is 47.1 Å². The zero-order valence-electron chi connectivity index (χ0n) is 38.7. The molecule has 0 radical (unpaired) electrons. The normalized spacial score (nSPS) is 41.1. The number of aliphatic hydroxyl groups is 1. The SMILES string of the molecule is COC(=O)[C@@]1(OCc2ccccc2)OC[C@]23C1[C@](C)(C1=C(C)C4CC1O[C@@H]1O[C@H](OC)CC41OCc1ccccc1)C(=O)[C@@H]1OC[C@](C(=O)OC)([C@H](O[Si](C)(C)C(C)(C)C)C[C@@H]2O)[C@H]13. The number of hydrogen-bond acceptors (Lipinski definition) is 14. The Labute approximate surface area is 376 Å². The number of aliphatic hydroxyl groups excluding tert-OH is 1. The van der Waals surface area contributed by atoms with Gasteiger partial charge in [-0.3, -0.25) is 9.59 Å². The molecule has 14 atom stereocenters. The Kier molecular flexibility index (Phi) is 11.4. The highest BCUT2D eigenvalue weighted by molar-refractivity contribution is 6.74. The number of hydrogen-bond donors (Lipinski definition) is 1. The van der Waals surface area contributed by atoms with E-state index in [9.17, 15) is 14.7 Å². The van der Waals surface area contributed by atoms with E-state index in [0.717, 1.165) is 16.7 Å². The average Bonchev–Trinajstić information content (AvgIpc) is 4.04. The minimum Gasteiger partial charge on any atom is -0.468 e. The molecule has 15 heteroatoms. The number of carbonyl (C=O) groups is 3. The van der Waals surface area contributed by atoms with E-state index in [2.05, 4.69) is 33.9 Å². The van der Waals surface area contributed by atoms with Crippen LogP contribution in [-0.2, 0) is 74.7 Å². The van der Waals surface area contributed by atoms with Gasteiger partial charge in [-0.15, -0.1) is 0 Å². The maximum atomic E-state index is 16.3. The number of rotatable bonds is 12. The van der Waals surface area contributed by atoms with Crippen molar-refractivity contribution in [2.24, 2.45) is 34.0 Å². The van der Waals surface area contributed by atoms with Crippen molar-refractivity contribution in [1.82, 2.24) is 0 Å². The molecule has 1 N–H and O–H groups in total. The lowest BCUT2D eigenvalue weighted by Crippen LogP contribution is -2.76. The molecule has 64 heavy (non-hydrogen) atoms. The van der Waals surface area contributed by atoms with Gasteiger partial charge in [-0.1, -0.05) is 87.0 Å². The van der Waals surface area contributed by atoms with Crippen molar-refractivity contribution >= 4 is 26.0 Å². The van der Waals surface area contributed by atoms with Crippen LogP contribution < -0.4 is 0 Å². The smallest absolute Gasteiger partial charge is 0.366 e. The van der Waals surface area contributed by atoms with Gasteiger partial charge in [-0.05, 0) is 55.1 Å². The molecule has 14 nitrogen and oxygen atoms in total. The predicted octanol–water partition coefficient (Wildman–Crippen LogP) is 6.03. The van der Waals surface area contributed by atoms with Crippen LogP contribution in [0.15, 0.2) is 71.8 Å². The fraction of sp³-hybridized carbons (Fsp3) is 0.653. The van der Waals surface area contributed by atoms with Crippen molar-refractivity contribution < 1.29 is 66.5 Å². The summed E-state index contributed by atoms with van der Waals surface area (Å²) in [7, 11) is 1.51. The van der Waals surface area contributed by atoms with Crippen LogP contribution in [0.2, 0.25) is 18.1 Å². The van der Waals surface area contributed by atoms with E-state index >= 15 is 4.79 Å². The molecule has 4 heterocycles. The van der Waals surface area contributed by atoms with Crippen LogP contribution in [0.4, 0.5) is 0 Å². The second-order valence-electron chi connectivity index (χ2n) is 20.8. The van der Waals surface area contributed by atoms with Gasteiger partial charge in [-0.25, -0.2) is 4.79 Å². The molecule has 2 saturated carbocycles. The number of esters is 2. The summed E-state index contributed by atoms with van der Waals surface area (Å²) in [5.41, 5.74) is -2.64. The largest absolute Gasteiger partial charge is 0.468 e. The van der Waals surface area contributed by atoms with Gasteiger partial charge >= 0.3 is 11.9 Å². The van der Waals surface area contributed by atoms with Crippen molar-refractivity contribution in [2.75, 3.05) is 34.5 Å². The Balaban J connectivity index is 1.25. The van der Waals surface area contributed by atoms with Crippen LogP contribution in [0.5, 0.6) is 0 Å². The second kappa shape index (κ2) is 15.9. The Morgan fingerprint density at radius 1 is 0.875 bits per heavy atom. The number of fused-ring (bicyclic) bond motifs is 4.